The summed E-state index contributed by atoms with van der Waals surface area (Å²) in [5.74, 6) is -0.460. The van der Waals surface area contributed by atoms with Gasteiger partial charge < -0.3 is 29.9 Å². The predicted molar refractivity (Wildman–Crippen MR) is 158 cm³/mol. The van der Waals surface area contributed by atoms with Crippen molar-refractivity contribution in [2.75, 3.05) is 12.3 Å². The van der Waals surface area contributed by atoms with Crippen molar-refractivity contribution < 1.29 is 38.1 Å². The molecule has 1 aliphatic rings. The van der Waals surface area contributed by atoms with Crippen molar-refractivity contribution in [1.29, 1.82) is 0 Å². The molecule has 0 aliphatic carbocycles. The highest BCUT2D eigenvalue weighted by atomic mass is 127. The molecule has 2 aromatic carbocycles. The highest BCUT2D eigenvalue weighted by Gasteiger charge is 2.54. The SMILES string of the molecule is CC(C)OC(=O)[C@@H](C)N[P@@](=O)(OC[C@H]1OC(n2cc(I)c(N)nc2=O)[C@](C)(O)[C@@H]1O)Oc1cccc2ccccc12. The minimum atomic E-state index is -4.36. The van der Waals surface area contributed by atoms with Gasteiger partial charge in [0.2, 0.25) is 0 Å². The molecular weight excluding hydrogens is 670 g/mol. The molecule has 41 heavy (non-hydrogen) atoms. The van der Waals surface area contributed by atoms with E-state index in [-0.39, 0.29) is 11.6 Å². The molecule has 0 spiro atoms. The van der Waals surface area contributed by atoms with Gasteiger partial charge >= 0.3 is 19.4 Å². The Kier molecular flexibility index (Phi) is 9.43. The van der Waals surface area contributed by atoms with Crippen LogP contribution in [0.4, 0.5) is 5.82 Å². The van der Waals surface area contributed by atoms with E-state index in [0.717, 1.165) is 9.95 Å². The number of rotatable bonds is 10. The Morgan fingerprint density at radius 1 is 1.27 bits per heavy atom. The molecule has 15 heteroatoms. The minimum absolute atomic E-state index is 0.00707. The fourth-order valence-electron chi connectivity index (χ4n) is 4.29. The molecule has 2 heterocycles. The Bertz CT molecular complexity index is 1530. The molecule has 0 amide bonds. The second kappa shape index (κ2) is 12.3. The van der Waals surface area contributed by atoms with Crippen molar-refractivity contribution in [3.05, 3.63) is 62.7 Å². The summed E-state index contributed by atoms with van der Waals surface area (Å²) in [6.07, 6.45) is -3.28. The van der Waals surface area contributed by atoms with E-state index in [1.54, 1.807) is 38.1 Å². The van der Waals surface area contributed by atoms with Gasteiger partial charge in [0.25, 0.3) is 0 Å². The molecule has 1 aromatic heterocycles. The third kappa shape index (κ3) is 6.91. The van der Waals surface area contributed by atoms with Gasteiger partial charge in [-0.2, -0.15) is 10.1 Å². The largest absolute Gasteiger partial charge is 0.462 e. The molecule has 13 nitrogen and oxygen atoms in total. The van der Waals surface area contributed by atoms with E-state index in [2.05, 4.69) is 10.1 Å². The number of aromatic nitrogens is 2. The van der Waals surface area contributed by atoms with Crippen molar-refractivity contribution in [2.24, 2.45) is 0 Å². The monoisotopic (exact) mass is 702 g/mol. The van der Waals surface area contributed by atoms with Gasteiger partial charge in [-0.25, -0.2) is 9.36 Å². The lowest BCUT2D eigenvalue weighted by molar-refractivity contribution is -0.149. The molecule has 1 fully saturated rings. The Labute approximate surface area is 249 Å². The Balaban J connectivity index is 1.60. The topological polar surface area (TPSA) is 184 Å². The van der Waals surface area contributed by atoms with Gasteiger partial charge in [0.1, 0.15) is 35.4 Å². The van der Waals surface area contributed by atoms with E-state index < -0.39 is 62.2 Å². The highest BCUT2D eigenvalue weighted by Crippen LogP contribution is 2.48. The van der Waals surface area contributed by atoms with E-state index >= 15 is 0 Å². The zero-order valence-electron chi connectivity index (χ0n) is 22.8. The van der Waals surface area contributed by atoms with Gasteiger partial charge in [0.05, 0.1) is 16.3 Å². The summed E-state index contributed by atoms with van der Waals surface area (Å²) in [6.45, 7) is 5.53. The smallest absolute Gasteiger partial charge is 0.459 e. The Morgan fingerprint density at radius 3 is 2.66 bits per heavy atom. The van der Waals surface area contributed by atoms with E-state index in [0.29, 0.717) is 8.96 Å². The number of hydrogen-bond donors (Lipinski definition) is 4. The van der Waals surface area contributed by atoms with E-state index in [1.807, 2.05) is 40.8 Å². The average Bonchev–Trinajstić information content (AvgIpc) is 3.13. The maximum atomic E-state index is 14.1. The number of carbonyl (C=O) groups is 1. The fourth-order valence-corrected chi connectivity index (χ4v) is 6.24. The maximum Gasteiger partial charge on any atom is 0.459 e. The predicted octanol–water partition coefficient (Wildman–Crippen LogP) is 2.73. The van der Waals surface area contributed by atoms with Gasteiger partial charge in [-0.1, -0.05) is 36.4 Å². The summed E-state index contributed by atoms with van der Waals surface area (Å²) in [4.78, 5) is 28.7. The average molecular weight is 702 g/mol. The van der Waals surface area contributed by atoms with Crippen molar-refractivity contribution >= 4 is 52.9 Å². The van der Waals surface area contributed by atoms with Crippen LogP contribution in [0.2, 0.25) is 0 Å². The van der Waals surface area contributed by atoms with E-state index in [1.165, 1.54) is 20.0 Å². The molecule has 4 rings (SSSR count). The highest BCUT2D eigenvalue weighted by molar-refractivity contribution is 14.1. The molecule has 1 aliphatic heterocycles. The second-order valence-electron chi connectivity index (χ2n) is 10.1. The second-order valence-corrected chi connectivity index (χ2v) is 12.9. The van der Waals surface area contributed by atoms with Crippen LogP contribution in [0, 0.1) is 3.57 Å². The maximum absolute atomic E-state index is 14.1. The quantitative estimate of drug-likeness (QED) is 0.138. The van der Waals surface area contributed by atoms with E-state index in [9.17, 15) is 24.4 Å². The summed E-state index contributed by atoms with van der Waals surface area (Å²) in [6, 6.07) is 11.3. The minimum Gasteiger partial charge on any atom is -0.462 e. The normalized spacial score (nSPS) is 24.7. The van der Waals surface area contributed by atoms with E-state index in [4.69, 9.17) is 24.3 Å². The molecule has 0 radical (unpaired) electrons. The van der Waals surface area contributed by atoms with Crippen LogP contribution in [-0.4, -0.2) is 62.3 Å². The first-order valence-corrected chi connectivity index (χ1v) is 15.3. The summed E-state index contributed by atoms with van der Waals surface area (Å²) < 4.78 is 38.2. The number of nitrogens with one attached hydrogen (secondary N) is 1. The van der Waals surface area contributed by atoms with Crippen LogP contribution in [0.5, 0.6) is 5.75 Å². The number of carbonyl (C=O) groups excluding carboxylic acids is 1. The van der Waals surface area contributed by atoms with Crippen LogP contribution in [-0.2, 0) is 23.4 Å². The number of nitrogen functional groups attached to an aromatic ring is 1. The summed E-state index contributed by atoms with van der Waals surface area (Å²) in [5, 5.41) is 26.1. The van der Waals surface area contributed by atoms with Gasteiger partial charge in [0, 0.05) is 11.6 Å². The summed E-state index contributed by atoms with van der Waals surface area (Å²) >= 11 is 1.87. The lowest BCUT2D eigenvalue weighted by atomic mass is 9.96. The lowest BCUT2D eigenvalue weighted by Crippen LogP contribution is -2.46. The first-order chi connectivity index (χ1) is 19.2. The molecule has 3 aromatic rings. The zero-order chi connectivity index (χ0) is 30.1. The number of aliphatic hydroxyl groups is 2. The number of hydrogen-bond acceptors (Lipinski definition) is 11. The van der Waals surface area contributed by atoms with Crippen molar-refractivity contribution in [3.63, 3.8) is 0 Å². The van der Waals surface area contributed by atoms with Crippen molar-refractivity contribution in [2.45, 2.75) is 63.9 Å². The van der Waals surface area contributed by atoms with Gasteiger partial charge in [0.15, 0.2) is 6.23 Å². The zero-order valence-corrected chi connectivity index (χ0v) is 25.8. The van der Waals surface area contributed by atoms with Crippen molar-refractivity contribution in [3.8, 4) is 5.75 Å². The third-order valence-corrected chi connectivity index (χ3v) is 8.84. The van der Waals surface area contributed by atoms with Crippen LogP contribution in [0.25, 0.3) is 10.8 Å². The number of aliphatic hydroxyl groups excluding tert-OH is 1. The van der Waals surface area contributed by atoms with Gasteiger partial charge in [-0.3, -0.25) is 13.9 Å². The number of ether oxygens (including phenoxy) is 2. The van der Waals surface area contributed by atoms with Crippen LogP contribution < -0.4 is 21.0 Å². The number of esters is 1. The van der Waals surface area contributed by atoms with Crippen LogP contribution in [0.15, 0.2) is 53.5 Å². The molecule has 0 bridgehead atoms. The van der Waals surface area contributed by atoms with Crippen LogP contribution in [0.1, 0.15) is 33.9 Å². The third-order valence-electron chi connectivity index (χ3n) is 6.38. The molecule has 5 N–H and O–H groups in total. The molecule has 1 saturated heterocycles. The van der Waals surface area contributed by atoms with Crippen molar-refractivity contribution in [1.82, 2.24) is 14.6 Å². The van der Waals surface area contributed by atoms with Crippen LogP contribution >= 0.6 is 30.3 Å². The summed E-state index contributed by atoms with van der Waals surface area (Å²) in [7, 11) is -4.36. The Morgan fingerprint density at radius 2 is 1.95 bits per heavy atom. The number of nitrogens with zero attached hydrogens (tertiary/aromatic N) is 2. The van der Waals surface area contributed by atoms with Crippen LogP contribution in [0.3, 0.4) is 0 Å². The first-order valence-electron chi connectivity index (χ1n) is 12.7. The first kappa shape index (κ1) is 31.3. The standard InChI is InChI=1S/C26H32IN4O9P/c1-14(2)38-23(33)15(3)30-41(36,40-19-11-7-9-16-8-5-6-10-17(16)19)37-13-20-21(32)26(4,35)24(39-20)31-12-18(27)22(28)29-25(31)34/h5-12,14-15,20-21,24,32,35H,13H2,1-4H3,(H,30,36)(H2,28,29,34)/t15-,20-,21-,24?,26-,41-/m1/s1. The molecule has 1 unspecified atom stereocenters. The van der Waals surface area contributed by atoms with Gasteiger partial charge in [-0.05, 0) is 61.7 Å². The fraction of sp³-hybridized carbons (Fsp3) is 0.423. The molecule has 222 valence electrons. The number of benzene rings is 2. The van der Waals surface area contributed by atoms with Gasteiger partial charge in [-0.15, -0.1) is 0 Å². The number of fused-ring (bicyclic) bond motifs is 1. The molecule has 0 saturated carbocycles. The molecular formula is C26H32IN4O9P. The number of nitrogens with two attached hydrogens (primary N) is 1. The molecule has 6 atom stereocenters. The lowest BCUT2D eigenvalue weighted by Gasteiger charge is -2.27. The Hall–Kier alpha value is -2.59. The number of halogens is 1. The number of anilines is 1. The summed E-state index contributed by atoms with van der Waals surface area (Å²) in [5.41, 5.74) is 2.93.